The minimum atomic E-state index is -4.12. The summed E-state index contributed by atoms with van der Waals surface area (Å²) in [6, 6.07) is 18.5. The van der Waals surface area contributed by atoms with Crippen molar-refractivity contribution in [2.24, 2.45) is 0 Å². The molecule has 1 saturated carbocycles. The monoisotopic (exact) mass is 623 g/mol. The van der Waals surface area contributed by atoms with Gasteiger partial charge in [-0.05, 0) is 93.1 Å². The van der Waals surface area contributed by atoms with Crippen molar-refractivity contribution in [3.63, 3.8) is 0 Å². The fourth-order valence-corrected chi connectivity index (χ4v) is 7.23. The summed E-state index contributed by atoms with van der Waals surface area (Å²) in [7, 11) is -4.12. The van der Waals surface area contributed by atoms with Crippen LogP contribution < -0.4 is 9.62 Å². The average Bonchev–Trinajstić information content (AvgIpc) is 2.97. The molecule has 0 radical (unpaired) electrons. The van der Waals surface area contributed by atoms with Crippen molar-refractivity contribution in [2.75, 3.05) is 10.8 Å². The molecule has 0 bridgehead atoms. The molecule has 0 heterocycles. The normalized spacial score (nSPS) is 14.6. The molecule has 1 atom stereocenters. The van der Waals surface area contributed by atoms with Crippen LogP contribution in [0.3, 0.4) is 0 Å². The van der Waals surface area contributed by atoms with Crippen molar-refractivity contribution in [3.05, 3.63) is 94.0 Å². The molecule has 9 heteroatoms. The van der Waals surface area contributed by atoms with Crippen molar-refractivity contribution in [3.8, 4) is 0 Å². The molecule has 0 aliphatic heterocycles. The molecule has 1 aliphatic carbocycles. The number of anilines is 1. The Balaban J connectivity index is 1.72. The summed E-state index contributed by atoms with van der Waals surface area (Å²) in [5.74, 6) is -0.675. The number of aryl methyl sites for hydroxylation is 3. The number of carbonyl (C=O) groups excluding carboxylic acids is 2. The van der Waals surface area contributed by atoms with Crippen LogP contribution >= 0.6 is 11.6 Å². The summed E-state index contributed by atoms with van der Waals surface area (Å²) < 4.78 is 29.4. The molecule has 0 aromatic heterocycles. The second-order valence-corrected chi connectivity index (χ2v) is 13.9. The smallest absolute Gasteiger partial charge is 0.264 e. The Bertz CT molecular complexity index is 1500. The second kappa shape index (κ2) is 14.4. The zero-order chi connectivity index (χ0) is 31.1. The van der Waals surface area contributed by atoms with Gasteiger partial charge in [-0.2, -0.15) is 0 Å². The van der Waals surface area contributed by atoms with E-state index in [0.717, 1.165) is 54.4 Å². The van der Waals surface area contributed by atoms with Gasteiger partial charge in [0.15, 0.2) is 0 Å². The third-order valence-electron chi connectivity index (χ3n) is 7.99. The molecule has 230 valence electrons. The van der Waals surface area contributed by atoms with E-state index in [1.165, 1.54) is 9.21 Å². The maximum Gasteiger partial charge on any atom is 0.264 e. The van der Waals surface area contributed by atoms with E-state index >= 15 is 0 Å². The Morgan fingerprint density at radius 2 is 1.49 bits per heavy atom. The minimum Gasteiger partial charge on any atom is -0.352 e. The quantitative estimate of drug-likeness (QED) is 0.257. The van der Waals surface area contributed by atoms with Crippen molar-refractivity contribution < 1.29 is 18.0 Å². The van der Waals surface area contributed by atoms with E-state index in [0.29, 0.717) is 17.1 Å². The molecular formula is C34H42ClN3O4S. The minimum absolute atomic E-state index is 0.0801. The first-order valence-corrected chi connectivity index (χ1v) is 16.8. The maximum absolute atomic E-state index is 14.3. The van der Waals surface area contributed by atoms with E-state index in [1.54, 1.807) is 48.5 Å². The lowest BCUT2D eigenvalue weighted by Crippen LogP contribution is -2.54. The van der Waals surface area contributed by atoms with Gasteiger partial charge in [-0.3, -0.25) is 13.9 Å². The fraction of sp³-hybridized carbons (Fsp3) is 0.412. The lowest BCUT2D eigenvalue weighted by atomic mass is 9.95. The highest BCUT2D eigenvalue weighted by Crippen LogP contribution is 2.27. The third kappa shape index (κ3) is 8.39. The Kier molecular flexibility index (Phi) is 10.9. The number of carbonyl (C=O) groups is 2. The molecule has 3 aromatic rings. The number of hydrogen-bond acceptors (Lipinski definition) is 4. The highest BCUT2D eigenvalue weighted by Gasteiger charge is 2.34. The van der Waals surface area contributed by atoms with Gasteiger partial charge in [-0.1, -0.05) is 73.7 Å². The predicted octanol–water partition coefficient (Wildman–Crippen LogP) is 6.72. The number of sulfonamides is 1. The lowest BCUT2D eigenvalue weighted by Gasteiger charge is -2.34. The van der Waals surface area contributed by atoms with Crippen LogP contribution in [-0.2, 0) is 26.2 Å². The van der Waals surface area contributed by atoms with Gasteiger partial charge >= 0.3 is 0 Å². The SMILES string of the molecule is CC[C@@H](C(=O)NC1CCCCC1)N(Cc1ccc(Cl)cc1)C(=O)CN(c1cc(C)cc(C)c1)S(=O)(=O)c1ccc(C)cc1. The zero-order valence-corrected chi connectivity index (χ0v) is 27.0. The van der Waals surface area contributed by atoms with Crippen molar-refractivity contribution >= 4 is 39.1 Å². The Morgan fingerprint density at radius 1 is 0.884 bits per heavy atom. The van der Waals surface area contributed by atoms with Crippen LogP contribution in [-0.4, -0.2) is 43.8 Å². The summed E-state index contributed by atoms with van der Waals surface area (Å²) >= 11 is 6.12. The molecule has 0 spiro atoms. The number of amides is 2. The maximum atomic E-state index is 14.3. The summed E-state index contributed by atoms with van der Waals surface area (Å²) in [4.78, 5) is 29.6. The van der Waals surface area contributed by atoms with Gasteiger partial charge in [0.2, 0.25) is 11.8 Å². The highest BCUT2D eigenvalue weighted by atomic mass is 35.5. The van der Waals surface area contributed by atoms with E-state index in [4.69, 9.17) is 11.6 Å². The molecular weight excluding hydrogens is 582 g/mol. The molecule has 3 aromatic carbocycles. The van der Waals surface area contributed by atoms with Crippen molar-refractivity contribution in [2.45, 2.75) is 89.7 Å². The van der Waals surface area contributed by atoms with Crippen LogP contribution in [0, 0.1) is 20.8 Å². The lowest BCUT2D eigenvalue weighted by molar-refractivity contribution is -0.140. The molecule has 1 fully saturated rings. The van der Waals surface area contributed by atoms with Crippen LogP contribution in [0.2, 0.25) is 5.02 Å². The number of nitrogens with zero attached hydrogens (tertiary/aromatic N) is 2. The molecule has 43 heavy (non-hydrogen) atoms. The van der Waals surface area contributed by atoms with Gasteiger partial charge in [-0.25, -0.2) is 8.42 Å². The summed E-state index contributed by atoms with van der Waals surface area (Å²) in [5.41, 5.74) is 3.88. The molecule has 2 amide bonds. The van der Waals surface area contributed by atoms with Crippen LogP contribution in [0.25, 0.3) is 0 Å². The molecule has 7 nitrogen and oxygen atoms in total. The van der Waals surface area contributed by atoms with Gasteiger partial charge in [0, 0.05) is 17.6 Å². The number of benzene rings is 3. The van der Waals surface area contributed by atoms with Gasteiger partial charge in [0.05, 0.1) is 10.6 Å². The molecule has 0 unspecified atom stereocenters. The van der Waals surface area contributed by atoms with Crippen LogP contribution in [0.1, 0.15) is 67.7 Å². The van der Waals surface area contributed by atoms with E-state index in [-0.39, 0.29) is 23.4 Å². The summed E-state index contributed by atoms with van der Waals surface area (Å²) in [5, 5.41) is 3.74. The second-order valence-electron chi connectivity index (χ2n) is 11.6. The Labute approximate surface area is 261 Å². The topological polar surface area (TPSA) is 86.8 Å². The first kappa shape index (κ1) is 32.6. The Morgan fingerprint density at radius 3 is 2.07 bits per heavy atom. The first-order valence-electron chi connectivity index (χ1n) is 15.0. The van der Waals surface area contributed by atoms with Gasteiger partial charge in [-0.15, -0.1) is 0 Å². The molecule has 4 rings (SSSR count). The van der Waals surface area contributed by atoms with Crippen LogP contribution in [0.15, 0.2) is 71.6 Å². The van der Waals surface area contributed by atoms with Crippen LogP contribution in [0.5, 0.6) is 0 Å². The highest BCUT2D eigenvalue weighted by molar-refractivity contribution is 7.92. The number of hydrogen-bond donors (Lipinski definition) is 1. The largest absolute Gasteiger partial charge is 0.352 e. The van der Waals surface area contributed by atoms with Crippen molar-refractivity contribution in [1.82, 2.24) is 10.2 Å². The molecule has 1 aliphatic rings. The first-order chi connectivity index (χ1) is 20.5. The number of nitrogens with one attached hydrogen (secondary N) is 1. The van der Waals surface area contributed by atoms with Gasteiger partial charge in [0.1, 0.15) is 12.6 Å². The summed E-state index contributed by atoms with van der Waals surface area (Å²) in [6.45, 7) is 7.23. The summed E-state index contributed by atoms with van der Waals surface area (Å²) in [6.07, 6.45) is 5.51. The Hall–Kier alpha value is -3.36. The average molecular weight is 624 g/mol. The third-order valence-corrected chi connectivity index (χ3v) is 10.0. The van der Waals surface area contributed by atoms with E-state index in [1.807, 2.05) is 45.9 Å². The molecule has 1 N–H and O–H groups in total. The predicted molar refractivity (Wildman–Crippen MR) is 173 cm³/mol. The van der Waals surface area contributed by atoms with E-state index < -0.39 is 28.5 Å². The zero-order valence-electron chi connectivity index (χ0n) is 25.5. The fourth-order valence-electron chi connectivity index (χ4n) is 5.71. The van der Waals surface area contributed by atoms with E-state index in [2.05, 4.69) is 5.32 Å². The van der Waals surface area contributed by atoms with E-state index in [9.17, 15) is 18.0 Å². The van der Waals surface area contributed by atoms with Gasteiger partial charge in [0.25, 0.3) is 10.0 Å². The number of halogens is 1. The standard InChI is InChI=1S/C34H42ClN3O4S/c1-5-32(34(40)36-29-9-7-6-8-10-29)37(22-27-13-15-28(35)16-14-27)33(39)23-38(30-20-25(3)19-26(4)21-30)43(41,42)31-17-11-24(2)12-18-31/h11-21,29,32H,5-10,22-23H2,1-4H3,(H,36,40)/t32-/m0/s1. The number of rotatable bonds is 11. The van der Waals surface area contributed by atoms with Gasteiger partial charge < -0.3 is 10.2 Å². The van der Waals surface area contributed by atoms with Crippen molar-refractivity contribution in [1.29, 1.82) is 0 Å². The molecule has 0 saturated heterocycles. The van der Waals surface area contributed by atoms with Crippen LogP contribution in [0.4, 0.5) is 5.69 Å².